The lowest BCUT2D eigenvalue weighted by Crippen LogP contribution is -2.65. The molecule has 0 saturated carbocycles. The molecular formula is C17H14Br2N2O5. The van der Waals surface area contributed by atoms with Crippen LogP contribution < -0.4 is 0 Å². The number of carbonyl (C=O) groups is 4. The van der Waals surface area contributed by atoms with Crippen LogP contribution in [0.25, 0.3) is 0 Å². The van der Waals surface area contributed by atoms with Crippen LogP contribution in [0.2, 0.25) is 0 Å². The number of alkyl halides is 2. The molecule has 7 nitrogen and oxygen atoms in total. The Labute approximate surface area is 166 Å². The van der Waals surface area contributed by atoms with E-state index in [1.807, 2.05) is 0 Å². The molecule has 1 fully saturated rings. The summed E-state index contributed by atoms with van der Waals surface area (Å²) in [6.45, 7) is 0.0538. The van der Waals surface area contributed by atoms with Gasteiger partial charge < -0.3 is 9.64 Å². The molecule has 2 aliphatic rings. The van der Waals surface area contributed by atoms with Crippen LogP contribution in [0.4, 0.5) is 0 Å². The molecule has 0 aromatic heterocycles. The first kappa shape index (κ1) is 18.8. The minimum Gasteiger partial charge on any atom is -0.464 e. The van der Waals surface area contributed by atoms with Crippen LogP contribution >= 0.6 is 31.9 Å². The van der Waals surface area contributed by atoms with Crippen LogP contribution in [-0.4, -0.2) is 63.8 Å². The molecular weight excluding hydrogens is 472 g/mol. The second-order valence-corrected chi connectivity index (χ2v) is 6.82. The SMILES string of the molecule is COC(=O)C(=C(CBr)CBr)N1CC(N2C(=O)c3ccccc3C2=O)C1=O. The summed E-state index contributed by atoms with van der Waals surface area (Å²) in [4.78, 5) is 52.1. The number of hydrogen-bond donors (Lipinski definition) is 0. The van der Waals surface area contributed by atoms with Crippen molar-refractivity contribution < 1.29 is 23.9 Å². The quantitative estimate of drug-likeness (QED) is 0.208. The van der Waals surface area contributed by atoms with E-state index in [4.69, 9.17) is 4.74 Å². The van der Waals surface area contributed by atoms with Crippen molar-refractivity contribution in [3.8, 4) is 0 Å². The Balaban J connectivity index is 1.87. The van der Waals surface area contributed by atoms with E-state index in [9.17, 15) is 19.2 Å². The van der Waals surface area contributed by atoms with Gasteiger partial charge in [0.05, 0.1) is 24.8 Å². The van der Waals surface area contributed by atoms with Gasteiger partial charge in [0.2, 0.25) is 0 Å². The highest BCUT2D eigenvalue weighted by molar-refractivity contribution is 9.10. The Kier molecular flexibility index (Phi) is 5.29. The molecule has 0 aliphatic carbocycles. The number of fused-ring (bicyclic) bond motifs is 1. The van der Waals surface area contributed by atoms with Crippen molar-refractivity contribution in [2.75, 3.05) is 24.3 Å². The van der Waals surface area contributed by atoms with E-state index in [-0.39, 0.29) is 23.4 Å². The molecule has 2 aliphatic heterocycles. The topological polar surface area (TPSA) is 84.0 Å². The van der Waals surface area contributed by atoms with Crippen LogP contribution in [0.3, 0.4) is 0 Å². The van der Waals surface area contributed by atoms with Crippen molar-refractivity contribution in [2.45, 2.75) is 6.04 Å². The summed E-state index contributed by atoms with van der Waals surface area (Å²) in [7, 11) is 1.23. The number of carbonyl (C=O) groups excluding carboxylic acids is 4. The number of nitrogens with zero attached hydrogens (tertiary/aromatic N) is 2. The van der Waals surface area contributed by atoms with E-state index in [0.717, 1.165) is 4.90 Å². The standard InChI is InChI=1S/C17H14Br2N2O5/c1-26-17(25)13(9(6-18)7-19)20-8-12(16(20)24)21-14(22)10-4-2-3-5-11(10)15(21)23/h2-5,12H,6-8H2,1H3. The van der Waals surface area contributed by atoms with E-state index < -0.39 is 29.7 Å². The number of halogens is 2. The molecule has 26 heavy (non-hydrogen) atoms. The van der Waals surface area contributed by atoms with Crippen molar-refractivity contribution in [3.05, 3.63) is 46.7 Å². The highest BCUT2D eigenvalue weighted by Gasteiger charge is 2.51. The lowest BCUT2D eigenvalue weighted by molar-refractivity contribution is -0.151. The summed E-state index contributed by atoms with van der Waals surface area (Å²) in [6.07, 6.45) is 0. The molecule has 0 bridgehead atoms. The fraction of sp³-hybridized carbons (Fsp3) is 0.294. The third-order valence-electron chi connectivity index (χ3n) is 4.35. The largest absolute Gasteiger partial charge is 0.464 e. The van der Waals surface area contributed by atoms with Gasteiger partial charge in [0.1, 0.15) is 11.7 Å². The fourth-order valence-corrected chi connectivity index (χ4v) is 4.46. The minimum atomic E-state index is -0.922. The second kappa shape index (κ2) is 7.32. The average molecular weight is 486 g/mol. The molecule has 3 rings (SSSR count). The molecule has 0 radical (unpaired) electrons. The first-order valence-electron chi connectivity index (χ1n) is 7.66. The predicted molar refractivity (Wildman–Crippen MR) is 99.1 cm³/mol. The summed E-state index contributed by atoms with van der Waals surface area (Å²) in [5.74, 6) is -2.12. The first-order valence-corrected chi connectivity index (χ1v) is 9.91. The van der Waals surface area contributed by atoms with Gasteiger partial charge in [0.15, 0.2) is 0 Å². The van der Waals surface area contributed by atoms with Gasteiger partial charge in [-0.1, -0.05) is 44.0 Å². The molecule has 0 spiro atoms. The monoisotopic (exact) mass is 484 g/mol. The van der Waals surface area contributed by atoms with Crippen LogP contribution in [-0.2, 0) is 14.3 Å². The van der Waals surface area contributed by atoms with E-state index >= 15 is 0 Å². The number of imide groups is 1. The Hall–Kier alpha value is -2.00. The van der Waals surface area contributed by atoms with Crippen molar-refractivity contribution in [1.82, 2.24) is 9.80 Å². The van der Waals surface area contributed by atoms with E-state index in [0.29, 0.717) is 16.2 Å². The van der Waals surface area contributed by atoms with Gasteiger partial charge in [-0.05, 0) is 17.7 Å². The zero-order valence-corrected chi connectivity index (χ0v) is 16.9. The number of rotatable bonds is 5. The van der Waals surface area contributed by atoms with Crippen molar-refractivity contribution >= 4 is 55.6 Å². The van der Waals surface area contributed by atoms with E-state index in [2.05, 4.69) is 31.9 Å². The molecule has 1 unspecified atom stereocenters. The van der Waals surface area contributed by atoms with Gasteiger partial charge in [-0.25, -0.2) is 4.79 Å². The van der Waals surface area contributed by atoms with Crippen LogP contribution in [0.15, 0.2) is 35.5 Å². The molecule has 1 saturated heterocycles. The molecule has 1 atom stereocenters. The number of amides is 3. The van der Waals surface area contributed by atoms with Crippen molar-refractivity contribution in [3.63, 3.8) is 0 Å². The number of benzene rings is 1. The minimum absolute atomic E-state index is 0.0538. The number of esters is 1. The van der Waals surface area contributed by atoms with Gasteiger partial charge in [-0.3, -0.25) is 19.3 Å². The Morgan fingerprint density at radius 3 is 2.08 bits per heavy atom. The van der Waals surface area contributed by atoms with Gasteiger partial charge in [0.25, 0.3) is 17.7 Å². The Morgan fingerprint density at radius 1 is 1.12 bits per heavy atom. The van der Waals surface area contributed by atoms with Gasteiger partial charge in [0, 0.05) is 10.7 Å². The Bertz CT molecular complexity index is 810. The maximum atomic E-state index is 12.7. The van der Waals surface area contributed by atoms with Gasteiger partial charge in [-0.15, -0.1) is 0 Å². The smallest absolute Gasteiger partial charge is 0.354 e. The number of likely N-dealkylation sites (tertiary alicyclic amines) is 1. The predicted octanol–water partition coefficient (Wildman–Crippen LogP) is 1.71. The summed E-state index contributed by atoms with van der Waals surface area (Å²) < 4.78 is 4.78. The zero-order valence-electron chi connectivity index (χ0n) is 13.7. The van der Waals surface area contributed by atoms with Crippen LogP contribution in [0.1, 0.15) is 20.7 Å². The van der Waals surface area contributed by atoms with Gasteiger partial charge in [-0.2, -0.15) is 0 Å². The lowest BCUT2D eigenvalue weighted by atomic mass is 10.0. The number of ether oxygens (including phenoxy) is 1. The molecule has 9 heteroatoms. The number of allylic oxidation sites excluding steroid dienone is 1. The highest BCUT2D eigenvalue weighted by Crippen LogP contribution is 2.31. The molecule has 136 valence electrons. The zero-order chi connectivity index (χ0) is 19.0. The molecule has 1 aromatic rings. The van der Waals surface area contributed by atoms with E-state index in [1.54, 1.807) is 24.3 Å². The van der Waals surface area contributed by atoms with Gasteiger partial charge >= 0.3 is 5.97 Å². The summed E-state index contributed by atoms with van der Waals surface area (Å²) in [5, 5.41) is 0.730. The molecule has 2 heterocycles. The van der Waals surface area contributed by atoms with Crippen LogP contribution in [0, 0.1) is 0 Å². The number of β-lactam (4-membered cyclic amide) rings is 1. The lowest BCUT2D eigenvalue weighted by Gasteiger charge is -2.42. The molecule has 0 N–H and O–H groups in total. The normalized spacial score (nSPS) is 18.6. The third-order valence-corrected chi connectivity index (χ3v) is 5.70. The third kappa shape index (κ3) is 2.79. The molecule has 3 amide bonds. The average Bonchev–Trinajstić information content (AvgIpc) is 2.91. The van der Waals surface area contributed by atoms with E-state index in [1.165, 1.54) is 12.0 Å². The number of hydrogen-bond acceptors (Lipinski definition) is 5. The second-order valence-electron chi connectivity index (χ2n) is 5.70. The number of methoxy groups -OCH3 is 1. The fourth-order valence-electron chi connectivity index (χ4n) is 3.00. The Morgan fingerprint density at radius 2 is 1.65 bits per heavy atom. The summed E-state index contributed by atoms with van der Waals surface area (Å²) in [5.41, 5.74) is 1.33. The van der Waals surface area contributed by atoms with Crippen molar-refractivity contribution in [2.24, 2.45) is 0 Å². The summed E-state index contributed by atoms with van der Waals surface area (Å²) >= 11 is 6.57. The first-order chi connectivity index (χ1) is 12.5. The maximum absolute atomic E-state index is 12.7. The highest BCUT2D eigenvalue weighted by atomic mass is 79.9. The van der Waals surface area contributed by atoms with Crippen molar-refractivity contribution in [1.29, 1.82) is 0 Å². The molecule has 1 aromatic carbocycles. The van der Waals surface area contributed by atoms with Crippen LogP contribution in [0.5, 0.6) is 0 Å². The maximum Gasteiger partial charge on any atom is 0.354 e. The summed E-state index contributed by atoms with van der Waals surface area (Å²) in [6, 6.07) is 5.53.